The molecule has 1 fully saturated rings. The predicted molar refractivity (Wildman–Crippen MR) is 83.2 cm³/mol. The molecule has 0 radical (unpaired) electrons. The van der Waals surface area contributed by atoms with Crippen molar-refractivity contribution in [1.82, 2.24) is 20.1 Å². The quantitative estimate of drug-likeness (QED) is 0.800. The molecule has 7 nitrogen and oxygen atoms in total. The first kappa shape index (κ1) is 14.8. The fraction of sp³-hybridized carbons (Fsp3) is 0.188. The Kier molecular flexibility index (Phi) is 4.09. The van der Waals surface area contributed by atoms with Gasteiger partial charge in [0, 0.05) is 36.7 Å². The highest BCUT2D eigenvalue weighted by Gasteiger charge is 2.27. The van der Waals surface area contributed by atoms with E-state index < -0.39 is 6.03 Å². The first-order chi connectivity index (χ1) is 11.1. The van der Waals surface area contributed by atoms with Gasteiger partial charge < -0.3 is 15.2 Å². The van der Waals surface area contributed by atoms with E-state index in [-0.39, 0.29) is 31.4 Å². The van der Waals surface area contributed by atoms with E-state index >= 15 is 0 Å². The molecule has 0 atom stereocenters. The molecule has 118 valence electrons. The lowest BCUT2D eigenvalue weighted by atomic mass is 10.2. The van der Waals surface area contributed by atoms with Crippen molar-refractivity contribution in [3.05, 3.63) is 54.4 Å². The number of nitrogens with zero attached hydrogens (tertiary/aromatic N) is 2. The molecule has 2 aromatic rings. The average molecular weight is 312 g/mol. The van der Waals surface area contributed by atoms with Gasteiger partial charge >= 0.3 is 6.03 Å². The number of nitrogens with one attached hydrogen (secondary N) is 2. The van der Waals surface area contributed by atoms with Gasteiger partial charge in [-0.1, -0.05) is 0 Å². The molecule has 3 rings (SSSR count). The molecule has 1 aliphatic heterocycles. The molecule has 1 aromatic heterocycles. The van der Waals surface area contributed by atoms with Crippen LogP contribution in [0.4, 0.5) is 4.79 Å². The molecule has 23 heavy (non-hydrogen) atoms. The molecular weight excluding hydrogens is 296 g/mol. The van der Waals surface area contributed by atoms with Crippen LogP contribution in [0.5, 0.6) is 0 Å². The van der Waals surface area contributed by atoms with E-state index in [0.717, 1.165) is 10.6 Å². The van der Waals surface area contributed by atoms with Crippen LogP contribution < -0.4 is 10.6 Å². The van der Waals surface area contributed by atoms with Crippen molar-refractivity contribution >= 4 is 17.8 Å². The Morgan fingerprint density at radius 3 is 2.43 bits per heavy atom. The number of rotatable bonds is 5. The van der Waals surface area contributed by atoms with Gasteiger partial charge in [-0.3, -0.25) is 14.5 Å². The van der Waals surface area contributed by atoms with Crippen molar-refractivity contribution in [3.63, 3.8) is 0 Å². The monoisotopic (exact) mass is 312 g/mol. The summed E-state index contributed by atoms with van der Waals surface area (Å²) in [6.45, 7) is 0.406. The minimum atomic E-state index is -0.416. The van der Waals surface area contributed by atoms with Gasteiger partial charge in [0.1, 0.15) is 0 Å². The summed E-state index contributed by atoms with van der Waals surface area (Å²) >= 11 is 0. The fourth-order valence-electron chi connectivity index (χ4n) is 2.36. The molecule has 1 saturated heterocycles. The molecule has 0 aliphatic carbocycles. The zero-order valence-electron chi connectivity index (χ0n) is 12.4. The summed E-state index contributed by atoms with van der Waals surface area (Å²) in [5.41, 5.74) is 1.49. The van der Waals surface area contributed by atoms with Crippen LogP contribution in [0.1, 0.15) is 10.4 Å². The first-order valence-electron chi connectivity index (χ1n) is 7.25. The van der Waals surface area contributed by atoms with Gasteiger partial charge in [-0.05, 0) is 36.4 Å². The Labute approximate surface area is 132 Å². The van der Waals surface area contributed by atoms with Gasteiger partial charge in [0.15, 0.2) is 0 Å². The van der Waals surface area contributed by atoms with Crippen LogP contribution in [-0.2, 0) is 4.79 Å². The zero-order chi connectivity index (χ0) is 16.2. The van der Waals surface area contributed by atoms with Gasteiger partial charge in [0.05, 0.1) is 6.54 Å². The zero-order valence-corrected chi connectivity index (χ0v) is 12.4. The highest BCUT2D eigenvalue weighted by molar-refractivity contribution is 6.02. The van der Waals surface area contributed by atoms with Crippen molar-refractivity contribution in [2.24, 2.45) is 0 Å². The van der Waals surface area contributed by atoms with Crippen LogP contribution in [0.25, 0.3) is 5.69 Å². The number of hydrogen-bond acceptors (Lipinski definition) is 3. The Morgan fingerprint density at radius 2 is 1.83 bits per heavy atom. The van der Waals surface area contributed by atoms with E-state index in [9.17, 15) is 14.4 Å². The van der Waals surface area contributed by atoms with Gasteiger partial charge in [0.2, 0.25) is 5.91 Å². The molecule has 0 saturated carbocycles. The number of benzene rings is 1. The van der Waals surface area contributed by atoms with E-state index in [1.165, 1.54) is 0 Å². The molecule has 1 aliphatic rings. The summed E-state index contributed by atoms with van der Waals surface area (Å²) in [5, 5.41) is 5.13. The topological polar surface area (TPSA) is 83.4 Å². The van der Waals surface area contributed by atoms with E-state index in [0.29, 0.717) is 5.56 Å². The normalized spacial score (nSPS) is 14.0. The third-order valence-corrected chi connectivity index (χ3v) is 3.59. The van der Waals surface area contributed by atoms with E-state index in [1.54, 1.807) is 12.1 Å². The highest BCUT2D eigenvalue weighted by Crippen LogP contribution is 2.10. The molecular formula is C16H16N4O3. The number of carbonyl (C=O) groups is 3. The van der Waals surface area contributed by atoms with E-state index in [1.807, 2.05) is 41.2 Å². The Morgan fingerprint density at radius 1 is 1.13 bits per heavy atom. The molecule has 0 unspecified atom stereocenters. The maximum Gasteiger partial charge on any atom is 0.324 e. The molecule has 2 heterocycles. The lowest BCUT2D eigenvalue weighted by molar-refractivity contribution is -0.124. The minimum absolute atomic E-state index is 0.0215. The summed E-state index contributed by atoms with van der Waals surface area (Å²) in [5.74, 6) is -0.517. The number of carbonyl (C=O) groups excluding carboxylic acids is 3. The second-order valence-corrected chi connectivity index (χ2v) is 5.10. The highest BCUT2D eigenvalue weighted by atomic mass is 16.2. The summed E-state index contributed by atoms with van der Waals surface area (Å²) in [7, 11) is 0. The third-order valence-electron chi connectivity index (χ3n) is 3.59. The number of urea groups is 1. The Bertz CT molecular complexity index is 706. The summed E-state index contributed by atoms with van der Waals surface area (Å²) in [6.07, 6.45) is 3.85. The van der Waals surface area contributed by atoms with Gasteiger partial charge in [-0.15, -0.1) is 0 Å². The SMILES string of the molecule is O=C(NCCN1C(=O)CNC1=O)c1ccc(-n2cccc2)cc1. The van der Waals surface area contributed by atoms with Crippen LogP contribution in [0.2, 0.25) is 0 Å². The smallest absolute Gasteiger partial charge is 0.324 e. The number of aromatic nitrogens is 1. The Hall–Kier alpha value is -3.09. The molecule has 0 spiro atoms. The van der Waals surface area contributed by atoms with Gasteiger partial charge in [-0.25, -0.2) is 4.79 Å². The standard InChI is InChI=1S/C16H16N4O3/c21-14-11-18-16(23)20(14)10-7-17-15(22)12-3-5-13(6-4-12)19-8-1-2-9-19/h1-6,8-9H,7,10-11H2,(H,17,22)(H,18,23). The second kappa shape index (κ2) is 6.35. The average Bonchev–Trinajstić information content (AvgIpc) is 3.20. The lowest BCUT2D eigenvalue weighted by Crippen LogP contribution is -2.38. The first-order valence-corrected chi connectivity index (χ1v) is 7.25. The number of hydrogen-bond donors (Lipinski definition) is 2. The fourth-order valence-corrected chi connectivity index (χ4v) is 2.36. The van der Waals surface area contributed by atoms with Crippen LogP contribution in [0.15, 0.2) is 48.8 Å². The van der Waals surface area contributed by atoms with Crippen molar-refractivity contribution in [2.75, 3.05) is 19.6 Å². The van der Waals surface area contributed by atoms with Gasteiger partial charge in [0.25, 0.3) is 5.91 Å². The molecule has 1 aromatic carbocycles. The van der Waals surface area contributed by atoms with Crippen molar-refractivity contribution in [3.8, 4) is 5.69 Å². The largest absolute Gasteiger partial charge is 0.350 e. The maximum atomic E-state index is 12.1. The third kappa shape index (κ3) is 3.23. The molecule has 0 bridgehead atoms. The summed E-state index contributed by atoms with van der Waals surface area (Å²) in [4.78, 5) is 35.9. The summed E-state index contributed by atoms with van der Waals surface area (Å²) in [6, 6.07) is 10.6. The van der Waals surface area contributed by atoms with Crippen LogP contribution in [0.3, 0.4) is 0 Å². The minimum Gasteiger partial charge on any atom is -0.350 e. The lowest BCUT2D eigenvalue weighted by Gasteiger charge is -2.13. The van der Waals surface area contributed by atoms with Gasteiger partial charge in [-0.2, -0.15) is 0 Å². The Balaban J connectivity index is 1.54. The van der Waals surface area contributed by atoms with E-state index in [4.69, 9.17) is 0 Å². The molecule has 7 heteroatoms. The predicted octanol–water partition coefficient (Wildman–Crippen LogP) is 0.759. The van der Waals surface area contributed by atoms with Crippen molar-refractivity contribution in [1.29, 1.82) is 0 Å². The summed E-state index contributed by atoms with van der Waals surface area (Å²) < 4.78 is 1.94. The van der Waals surface area contributed by atoms with Crippen LogP contribution >= 0.6 is 0 Å². The van der Waals surface area contributed by atoms with Crippen LogP contribution in [-0.4, -0.2) is 46.9 Å². The number of amides is 4. The molecule has 4 amide bonds. The second-order valence-electron chi connectivity index (χ2n) is 5.10. The molecule has 2 N–H and O–H groups in total. The number of imide groups is 1. The van der Waals surface area contributed by atoms with Crippen molar-refractivity contribution in [2.45, 2.75) is 0 Å². The van der Waals surface area contributed by atoms with Crippen LogP contribution in [0, 0.1) is 0 Å². The maximum absolute atomic E-state index is 12.1. The van der Waals surface area contributed by atoms with Crippen molar-refractivity contribution < 1.29 is 14.4 Å². The van der Waals surface area contributed by atoms with E-state index in [2.05, 4.69) is 10.6 Å².